The summed E-state index contributed by atoms with van der Waals surface area (Å²) < 4.78 is 24.0. The molecule has 3 aromatic rings. The number of aliphatic imine (C=N–C) groups is 1. The first-order chi connectivity index (χ1) is 16.7. The first-order valence-corrected chi connectivity index (χ1v) is 14.7. The highest BCUT2D eigenvalue weighted by molar-refractivity contribution is 7.90. The van der Waals surface area contributed by atoms with Crippen molar-refractivity contribution in [2.24, 2.45) is 16.6 Å². The fourth-order valence-corrected chi connectivity index (χ4v) is 6.06. The second-order valence-corrected chi connectivity index (χ2v) is 12.6. The third-order valence-electron chi connectivity index (χ3n) is 5.97. The summed E-state index contributed by atoms with van der Waals surface area (Å²) in [5.74, 6) is 0.676. The zero-order chi connectivity index (χ0) is 25.0. The number of thiophene rings is 1. The van der Waals surface area contributed by atoms with Crippen molar-refractivity contribution >= 4 is 44.2 Å². The van der Waals surface area contributed by atoms with E-state index in [1.54, 1.807) is 29.5 Å². The molecule has 4 rings (SSSR count). The molecule has 0 spiro atoms. The summed E-state index contributed by atoms with van der Waals surface area (Å²) >= 11 is 7.95. The first kappa shape index (κ1) is 25.6. The van der Waals surface area contributed by atoms with Gasteiger partial charge in [-0.15, -0.1) is 11.3 Å². The van der Waals surface area contributed by atoms with E-state index in [0.29, 0.717) is 28.1 Å². The van der Waals surface area contributed by atoms with Gasteiger partial charge in [-0.2, -0.15) is 0 Å². The molecular weight excluding hydrogens is 498 g/mol. The minimum absolute atomic E-state index is 0.301. The van der Waals surface area contributed by atoms with Crippen LogP contribution in [0, 0.1) is 5.92 Å². The largest absolute Gasteiger partial charge is 0.401 e. The second-order valence-electron chi connectivity index (χ2n) is 9.11. The van der Waals surface area contributed by atoms with Crippen LogP contribution >= 0.6 is 22.9 Å². The standard InChI is InChI=1S/C27H30ClN3O2S2/c1-19-7-6-14-31(17-19)18-21(29)16-25(30-24-11-4-3-10-23(24)28)27-13-12-26(34-27)20-8-5-9-22(15-20)35(2,32)33/h3-5,8-13,15-16,19H,6-7,14,17-18,29H2,1-2H3. The van der Waals surface area contributed by atoms with Crippen LogP contribution in [0.3, 0.4) is 0 Å². The molecule has 1 unspecified atom stereocenters. The Labute approximate surface area is 216 Å². The summed E-state index contributed by atoms with van der Waals surface area (Å²) in [6.45, 7) is 5.07. The molecule has 1 aromatic heterocycles. The van der Waals surface area contributed by atoms with Crippen LogP contribution in [0.15, 0.2) is 82.3 Å². The van der Waals surface area contributed by atoms with Gasteiger partial charge >= 0.3 is 0 Å². The Hall–Kier alpha value is -2.45. The number of halogens is 1. The predicted octanol–water partition coefficient (Wildman–Crippen LogP) is 6.17. The average Bonchev–Trinajstić information content (AvgIpc) is 3.30. The Bertz CT molecular complexity index is 1360. The lowest BCUT2D eigenvalue weighted by Crippen LogP contribution is -2.37. The van der Waals surface area contributed by atoms with Crippen LogP contribution in [-0.4, -0.2) is 44.9 Å². The molecule has 184 valence electrons. The molecule has 0 radical (unpaired) electrons. The van der Waals surface area contributed by atoms with E-state index >= 15 is 0 Å². The molecule has 1 aliphatic heterocycles. The minimum Gasteiger partial charge on any atom is -0.401 e. The van der Waals surface area contributed by atoms with Gasteiger partial charge in [0, 0.05) is 29.9 Å². The molecule has 1 fully saturated rings. The van der Waals surface area contributed by atoms with Crippen LogP contribution < -0.4 is 5.73 Å². The molecule has 1 saturated heterocycles. The summed E-state index contributed by atoms with van der Waals surface area (Å²) in [7, 11) is -3.29. The van der Waals surface area contributed by atoms with E-state index in [4.69, 9.17) is 22.3 Å². The van der Waals surface area contributed by atoms with Crippen LogP contribution in [0.1, 0.15) is 24.6 Å². The highest BCUT2D eigenvalue weighted by Gasteiger charge is 2.17. The predicted molar refractivity (Wildman–Crippen MR) is 148 cm³/mol. The quantitative estimate of drug-likeness (QED) is 0.373. The number of rotatable bonds is 7. The van der Waals surface area contributed by atoms with E-state index in [2.05, 4.69) is 11.8 Å². The molecule has 5 nitrogen and oxygen atoms in total. The van der Waals surface area contributed by atoms with Crippen LogP contribution in [0.2, 0.25) is 5.02 Å². The van der Waals surface area contributed by atoms with E-state index in [0.717, 1.165) is 39.8 Å². The number of nitrogens with two attached hydrogens (primary N) is 1. The molecule has 0 saturated carbocycles. The zero-order valence-electron chi connectivity index (χ0n) is 19.9. The summed E-state index contributed by atoms with van der Waals surface area (Å²) in [6, 6.07) is 18.5. The molecule has 0 amide bonds. The second kappa shape index (κ2) is 11.1. The van der Waals surface area contributed by atoms with Gasteiger partial charge in [-0.25, -0.2) is 13.4 Å². The van der Waals surface area contributed by atoms with Crippen molar-refractivity contribution in [1.29, 1.82) is 0 Å². The SMILES string of the molecule is CC1CCCN(CC(N)=CC(=Nc2ccccc2Cl)c2ccc(-c3cccc(S(C)(=O)=O)c3)s2)C1. The van der Waals surface area contributed by atoms with E-state index < -0.39 is 9.84 Å². The molecule has 2 N–H and O–H groups in total. The fraction of sp³-hybridized carbons (Fsp3) is 0.296. The monoisotopic (exact) mass is 527 g/mol. The third-order valence-corrected chi connectivity index (χ3v) is 8.55. The Morgan fingerprint density at radius 3 is 2.74 bits per heavy atom. The Kier molecular flexibility index (Phi) is 8.12. The van der Waals surface area contributed by atoms with Gasteiger partial charge < -0.3 is 5.73 Å². The van der Waals surface area contributed by atoms with Gasteiger partial charge in [-0.05, 0) is 73.3 Å². The van der Waals surface area contributed by atoms with Crippen molar-refractivity contribution in [3.8, 4) is 10.4 Å². The topological polar surface area (TPSA) is 75.8 Å². The van der Waals surface area contributed by atoms with Crippen molar-refractivity contribution in [3.05, 3.63) is 82.3 Å². The number of para-hydroxylation sites is 1. The Morgan fingerprint density at radius 2 is 2.00 bits per heavy atom. The van der Waals surface area contributed by atoms with Crippen LogP contribution in [0.4, 0.5) is 5.69 Å². The van der Waals surface area contributed by atoms with Crippen LogP contribution in [0.25, 0.3) is 10.4 Å². The average molecular weight is 528 g/mol. The highest BCUT2D eigenvalue weighted by Crippen LogP contribution is 2.32. The van der Waals surface area contributed by atoms with E-state index in [-0.39, 0.29) is 0 Å². The number of hydrogen-bond donors (Lipinski definition) is 1. The fourth-order valence-electron chi connectivity index (χ4n) is 4.25. The van der Waals surface area contributed by atoms with Gasteiger partial charge in [0.05, 0.1) is 26.2 Å². The number of piperidine rings is 1. The smallest absolute Gasteiger partial charge is 0.175 e. The maximum atomic E-state index is 12.0. The lowest BCUT2D eigenvalue weighted by molar-refractivity contribution is 0.197. The Morgan fingerprint density at radius 1 is 1.20 bits per heavy atom. The molecule has 1 atom stereocenters. The molecule has 1 aliphatic rings. The van der Waals surface area contributed by atoms with Crippen molar-refractivity contribution < 1.29 is 8.42 Å². The number of nitrogens with zero attached hydrogens (tertiary/aromatic N) is 2. The van der Waals surface area contributed by atoms with E-state index in [1.807, 2.05) is 48.5 Å². The molecule has 0 bridgehead atoms. The van der Waals surface area contributed by atoms with Gasteiger partial charge in [-0.3, -0.25) is 4.90 Å². The number of likely N-dealkylation sites (tertiary alicyclic amines) is 1. The number of allylic oxidation sites excluding steroid dienone is 1. The van der Waals surface area contributed by atoms with Crippen molar-refractivity contribution in [3.63, 3.8) is 0 Å². The molecule has 35 heavy (non-hydrogen) atoms. The summed E-state index contributed by atoms with van der Waals surface area (Å²) in [5.41, 5.74) is 9.51. The Balaban J connectivity index is 1.69. The normalized spacial score (nSPS) is 18.1. The molecule has 2 aromatic carbocycles. The molecule has 8 heteroatoms. The number of hydrogen-bond acceptors (Lipinski definition) is 6. The third kappa shape index (κ3) is 6.82. The molecular formula is C27H30ClN3O2S2. The summed E-state index contributed by atoms with van der Waals surface area (Å²) in [6.07, 6.45) is 5.61. The molecule has 2 heterocycles. The van der Waals surface area contributed by atoms with Gasteiger partial charge in [0.25, 0.3) is 0 Å². The van der Waals surface area contributed by atoms with Crippen molar-refractivity contribution in [2.45, 2.75) is 24.7 Å². The van der Waals surface area contributed by atoms with Crippen molar-refractivity contribution in [1.82, 2.24) is 4.90 Å². The van der Waals surface area contributed by atoms with Crippen molar-refractivity contribution in [2.75, 3.05) is 25.9 Å². The minimum atomic E-state index is -3.29. The van der Waals surface area contributed by atoms with Gasteiger partial charge in [0.15, 0.2) is 9.84 Å². The number of benzene rings is 2. The summed E-state index contributed by atoms with van der Waals surface area (Å²) in [4.78, 5) is 9.44. The highest BCUT2D eigenvalue weighted by atomic mass is 35.5. The van der Waals surface area contributed by atoms with Crippen LogP contribution in [0.5, 0.6) is 0 Å². The lowest BCUT2D eigenvalue weighted by atomic mass is 10.0. The van der Waals surface area contributed by atoms with E-state index in [9.17, 15) is 8.42 Å². The summed E-state index contributed by atoms with van der Waals surface area (Å²) in [5, 5.41) is 0.569. The van der Waals surface area contributed by atoms with Gasteiger partial charge in [0.2, 0.25) is 0 Å². The first-order valence-electron chi connectivity index (χ1n) is 11.6. The van der Waals surface area contributed by atoms with E-state index in [1.165, 1.54) is 19.1 Å². The van der Waals surface area contributed by atoms with Crippen LogP contribution in [-0.2, 0) is 9.84 Å². The zero-order valence-corrected chi connectivity index (χ0v) is 22.3. The molecule has 0 aliphatic carbocycles. The number of sulfone groups is 1. The maximum Gasteiger partial charge on any atom is 0.175 e. The lowest BCUT2D eigenvalue weighted by Gasteiger charge is -2.30. The van der Waals surface area contributed by atoms with Gasteiger partial charge in [0.1, 0.15) is 0 Å². The maximum absolute atomic E-state index is 12.0. The van der Waals surface area contributed by atoms with Gasteiger partial charge in [-0.1, -0.05) is 42.8 Å².